The minimum Gasteiger partial charge on any atom is -0.288 e. The summed E-state index contributed by atoms with van der Waals surface area (Å²) in [5.74, 6) is -0.219. The van der Waals surface area contributed by atoms with Gasteiger partial charge in [-0.25, -0.2) is 13.2 Å². The van der Waals surface area contributed by atoms with Gasteiger partial charge in [-0.1, -0.05) is 17.7 Å². The van der Waals surface area contributed by atoms with Crippen LogP contribution in [0.2, 0.25) is 0 Å². The Bertz CT molecular complexity index is 1020. The Kier molecular flexibility index (Phi) is 3.92. The van der Waals surface area contributed by atoms with Gasteiger partial charge in [0.25, 0.3) is 5.69 Å². The second-order valence-electron chi connectivity index (χ2n) is 6.84. The maximum atomic E-state index is 13.2. The number of hydrogen-bond donors (Lipinski definition) is 0. The number of urea groups is 1. The summed E-state index contributed by atoms with van der Waals surface area (Å²) in [7, 11) is -3.28. The maximum absolute atomic E-state index is 13.2. The van der Waals surface area contributed by atoms with Crippen molar-refractivity contribution in [3.63, 3.8) is 0 Å². The molecule has 0 radical (unpaired) electrons. The van der Waals surface area contributed by atoms with Crippen LogP contribution in [-0.4, -0.2) is 43.0 Å². The molecule has 0 bridgehead atoms. The molecule has 0 aliphatic carbocycles. The van der Waals surface area contributed by atoms with E-state index in [0.29, 0.717) is 11.4 Å². The largest absolute Gasteiger partial charge is 0.329 e. The molecule has 2 aromatic carbocycles. The number of nitro groups is 1. The molecule has 2 aromatic rings. The third-order valence-electron chi connectivity index (χ3n) is 5.02. The molecule has 0 N–H and O–H groups in total. The molecule has 2 aliphatic rings. The number of benzene rings is 2. The van der Waals surface area contributed by atoms with Crippen molar-refractivity contribution in [3.8, 4) is 0 Å². The van der Waals surface area contributed by atoms with Crippen LogP contribution in [0.4, 0.5) is 21.9 Å². The highest BCUT2D eigenvalue weighted by Crippen LogP contribution is 2.38. The average Bonchev–Trinajstić information content (AvgIpc) is 3.05. The van der Waals surface area contributed by atoms with Gasteiger partial charge in [-0.3, -0.25) is 19.9 Å². The van der Waals surface area contributed by atoms with Crippen LogP contribution in [0.3, 0.4) is 0 Å². The van der Waals surface area contributed by atoms with Crippen LogP contribution in [0.15, 0.2) is 48.5 Å². The van der Waals surface area contributed by atoms with Gasteiger partial charge in [-0.2, -0.15) is 0 Å². The number of nitrogens with zero attached hydrogens (tertiary/aromatic N) is 3. The lowest BCUT2D eigenvalue weighted by Crippen LogP contribution is -2.37. The summed E-state index contributed by atoms with van der Waals surface area (Å²) in [6.07, 6.45) is 0. The molecular weight excluding hydrogens is 370 g/mol. The van der Waals surface area contributed by atoms with Crippen LogP contribution in [0.5, 0.6) is 0 Å². The number of carbonyl (C=O) groups excluding carboxylic acids is 1. The number of aryl methyl sites for hydroxylation is 1. The zero-order valence-electron chi connectivity index (χ0n) is 14.5. The first-order chi connectivity index (χ1) is 12.8. The van der Waals surface area contributed by atoms with Crippen LogP contribution >= 0.6 is 0 Å². The molecule has 0 saturated carbocycles. The Labute approximate surface area is 156 Å². The second-order valence-corrected chi connectivity index (χ2v) is 9.00. The molecule has 9 heteroatoms. The Hall–Kier alpha value is -2.94. The third-order valence-corrected chi connectivity index (χ3v) is 6.72. The molecule has 0 unspecified atom stereocenters. The van der Waals surface area contributed by atoms with Gasteiger partial charge in [-0.15, -0.1) is 0 Å². The highest BCUT2D eigenvalue weighted by Gasteiger charge is 2.54. The lowest BCUT2D eigenvalue weighted by molar-refractivity contribution is -0.384. The van der Waals surface area contributed by atoms with Crippen LogP contribution in [0.1, 0.15) is 5.56 Å². The van der Waals surface area contributed by atoms with Gasteiger partial charge in [0.2, 0.25) is 0 Å². The van der Waals surface area contributed by atoms with Crippen LogP contribution < -0.4 is 9.80 Å². The quantitative estimate of drug-likeness (QED) is 0.458. The number of rotatable bonds is 3. The molecular formula is C18H17N3O5S. The normalized spacial score (nSPS) is 23.5. The van der Waals surface area contributed by atoms with E-state index in [1.807, 2.05) is 19.1 Å². The van der Waals surface area contributed by atoms with Crippen molar-refractivity contribution in [1.29, 1.82) is 0 Å². The van der Waals surface area contributed by atoms with Crippen molar-refractivity contribution in [2.24, 2.45) is 0 Å². The molecule has 2 aliphatic heterocycles. The van der Waals surface area contributed by atoms with Crippen LogP contribution in [-0.2, 0) is 9.84 Å². The van der Waals surface area contributed by atoms with E-state index in [1.54, 1.807) is 12.1 Å². The molecule has 140 valence electrons. The second kappa shape index (κ2) is 6.05. The van der Waals surface area contributed by atoms with E-state index < -0.39 is 26.8 Å². The van der Waals surface area contributed by atoms with Gasteiger partial charge < -0.3 is 0 Å². The fourth-order valence-electron chi connectivity index (χ4n) is 3.75. The average molecular weight is 387 g/mol. The number of fused-ring (bicyclic) bond motifs is 1. The van der Waals surface area contributed by atoms with Gasteiger partial charge >= 0.3 is 6.03 Å². The summed E-state index contributed by atoms with van der Waals surface area (Å²) in [6.45, 7) is 1.93. The van der Waals surface area contributed by atoms with Crippen molar-refractivity contribution >= 4 is 32.9 Å². The smallest absolute Gasteiger partial charge is 0.288 e. The predicted octanol–water partition coefficient (Wildman–Crippen LogP) is 2.52. The van der Waals surface area contributed by atoms with Crippen LogP contribution in [0, 0.1) is 17.0 Å². The Morgan fingerprint density at radius 1 is 0.926 bits per heavy atom. The fraction of sp³-hybridized carbons (Fsp3) is 0.278. The van der Waals surface area contributed by atoms with Gasteiger partial charge in [-0.05, 0) is 31.2 Å². The number of nitro benzene ring substituents is 1. The van der Waals surface area contributed by atoms with E-state index in [0.717, 1.165) is 5.56 Å². The van der Waals surface area contributed by atoms with E-state index in [9.17, 15) is 23.3 Å². The van der Waals surface area contributed by atoms with E-state index >= 15 is 0 Å². The number of non-ortho nitro benzene ring substituents is 1. The van der Waals surface area contributed by atoms with E-state index in [4.69, 9.17) is 0 Å². The van der Waals surface area contributed by atoms with E-state index in [-0.39, 0.29) is 23.2 Å². The van der Waals surface area contributed by atoms with Gasteiger partial charge in [0, 0.05) is 23.5 Å². The number of anilines is 2. The SMILES string of the molecule is Cc1ccc(N2C(=O)N(c3ccc([N+](=O)[O-])cc3)[C@@H]3CS(=O)(=O)C[C@@H]32)cc1. The zero-order chi connectivity index (χ0) is 19.3. The summed E-state index contributed by atoms with van der Waals surface area (Å²) in [5, 5.41) is 10.9. The fourth-order valence-corrected chi connectivity index (χ4v) is 5.67. The molecule has 0 spiro atoms. The molecule has 2 fully saturated rings. The number of amides is 2. The first-order valence-corrected chi connectivity index (χ1v) is 10.2. The summed E-state index contributed by atoms with van der Waals surface area (Å²) in [6, 6.07) is 11.6. The van der Waals surface area contributed by atoms with Gasteiger partial charge in [0.1, 0.15) is 0 Å². The zero-order valence-corrected chi connectivity index (χ0v) is 15.3. The van der Waals surface area contributed by atoms with Crippen molar-refractivity contribution < 1.29 is 18.1 Å². The number of hydrogen-bond acceptors (Lipinski definition) is 5. The molecule has 2 saturated heterocycles. The van der Waals surface area contributed by atoms with Crippen LogP contribution in [0.25, 0.3) is 0 Å². The lowest BCUT2D eigenvalue weighted by Gasteiger charge is -2.22. The molecule has 2 atom stereocenters. The summed E-state index contributed by atoms with van der Waals surface area (Å²) < 4.78 is 24.5. The lowest BCUT2D eigenvalue weighted by atomic mass is 10.1. The first kappa shape index (κ1) is 17.5. The Morgan fingerprint density at radius 2 is 1.37 bits per heavy atom. The number of carbonyl (C=O) groups is 1. The minimum absolute atomic E-state index is 0.0867. The maximum Gasteiger partial charge on any atom is 0.329 e. The van der Waals surface area contributed by atoms with E-state index in [2.05, 4.69) is 0 Å². The van der Waals surface area contributed by atoms with Crippen molar-refractivity contribution in [1.82, 2.24) is 0 Å². The predicted molar refractivity (Wildman–Crippen MR) is 101 cm³/mol. The molecule has 2 amide bonds. The molecule has 27 heavy (non-hydrogen) atoms. The molecule has 2 heterocycles. The van der Waals surface area contributed by atoms with Crippen molar-refractivity contribution in [2.45, 2.75) is 19.0 Å². The van der Waals surface area contributed by atoms with E-state index in [1.165, 1.54) is 34.1 Å². The highest BCUT2D eigenvalue weighted by atomic mass is 32.2. The summed E-state index contributed by atoms with van der Waals surface area (Å²) in [5.41, 5.74) is 2.04. The molecule has 4 rings (SSSR count). The Balaban J connectivity index is 1.76. The highest BCUT2D eigenvalue weighted by molar-refractivity contribution is 7.91. The first-order valence-electron chi connectivity index (χ1n) is 8.41. The minimum atomic E-state index is -3.28. The third kappa shape index (κ3) is 2.93. The Morgan fingerprint density at radius 3 is 1.81 bits per heavy atom. The molecule has 8 nitrogen and oxygen atoms in total. The molecule has 0 aromatic heterocycles. The topological polar surface area (TPSA) is 101 Å². The summed E-state index contributed by atoms with van der Waals surface area (Å²) >= 11 is 0. The van der Waals surface area contributed by atoms with Crippen molar-refractivity contribution in [3.05, 3.63) is 64.2 Å². The number of sulfone groups is 1. The summed E-state index contributed by atoms with van der Waals surface area (Å²) in [4.78, 5) is 26.5. The monoisotopic (exact) mass is 387 g/mol. The van der Waals surface area contributed by atoms with Gasteiger partial charge in [0.05, 0.1) is 28.5 Å². The van der Waals surface area contributed by atoms with Crippen molar-refractivity contribution in [2.75, 3.05) is 21.3 Å². The standard InChI is InChI=1S/C18H17N3O5S/c1-12-2-4-13(5-3-12)19-16-10-27(25,26)11-17(16)20(18(19)22)14-6-8-15(9-7-14)21(23)24/h2-9,16-17H,10-11H2,1H3/t16-,17+/m0/s1. The van der Waals surface area contributed by atoms with Gasteiger partial charge in [0.15, 0.2) is 9.84 Å².